The smallest absolute Gasteiger partial charge is 0.152 e. The summed E-state index contributed by atoms with van der Waals surface area (Å²) in [6.45, 7) is 2.44. The Morgan fingerprint density at radius 2 is 2.18 bits per heavy atom. The van der Waals surface area contributed by atoms with E-state index in [2.05, 4.69) is 31.4 Å². The average molecular weight is 299 g/mol. The third-order valence-corrected chi connectivity index (χ3v) is 3.16. The van der Waals surface area contributed by atoms with Crippen molar-refractivity contribution in [3.05, 3.63) is 40.1 Å². The molecule has 0 aliphatic rings. The lowest BCUT2D eigenvalue weighted by Crippen LogP contribution is -2.06. The fourth-order valence-electron chi connectivity index (χ4n) is 1.39. The van der Waals surface area contributed by atoms with Gasteiger partial charge in [-0.1, -0.05) is 0 Å². The predicted octanol–water partition coefficient (Wildman–Crippen LogP) is 2.64. The summed E-state index contributed by atoms with van der Waals surface area (Å²) < 4.78 is 15.4. The van der Waals surface area contributed by atoms with E-state index in [-0.39, 0.29) is 5.82 Å². The lowest BCUT2D eigenvalue weighted by Gasteiger charge is -2.06. The minimum atomic E-state index is -0.273. The van der Waals surface area contributed by atoms with E-state index < -0.39 is 0 Å². The molecular weight excluding hydrogens is 287 g/mol. The van der Waals surface area contributed by atoms with Crippen LogP contribution in [-0.2, 0) is 13.6 Å². The third-order valence-electron chi connectivity index (χ3n) is 2.55. The van der Waals surface area contributed by atoms with Crippen molar-refractivity contribution >= 4 is 21.6 Å². The van der Waals surface area contributed by atoms with E-state index in [0.717, 1.165) is 17.3 Å². The average Bonchev–Trinajstić information content (AvgIpc) is 2.62. The molecule has 0 atom stereocenters. The molecule has 2 rings (SSSR count). The molecule has 17 heavy (non-hydrogen) atoms. The fourth-order valence-corrected chi connectivity index (χ4v) is 1.77. The number of hydrogen-bond donors (Lipinski definition) is 1. The Balaban J connectivity index is 2.07. The summed E-state index contributed by atoms with van der Waals surface area (Å²) in [4.78, 5) is 0. The molecule has 0 fully saturated rings. The normalized spacial score (nSPS) is 10.6. The Morgan fingerprint density at radius 3 is 2.76 bits per heavy atom. The van der Waals surface area contributed by atoms with Crippen LogP contribution in [-0.4, -0.2) is 14.8 Å². The Kier molecular flexibility index (Phi) is 3.42. The molecule has 0 amide bonds. The molecule has 0 saturated carbocycles. The van der Waals surface area contributed by atoms with Crippen LogP contribution in [0.2, 0.25) is 0 Å². The van der Waals surface area contributed by atoms with Gasteiger partial charge in [-0.15, -0.1) is 10.2 Å². The number of halogens is 2. The number of nitrogens with zero attached hydrogens (tertiary/aromatic N) is 3. The van der Waals surface area contributed by atoms with Crippen LogP contribution in [0.3, 0.4) is 0 Å². The zero-order valence-electron chi connectivity index (χ0n) is 9.54. The molecular formula is C11H12BrFN4. The molecule has 4 nitrogen and oxygen atoms in total. The van der Waals surface area contributed by atoms with Crippen molar-refractivity contribution in [3.8, 4) is 0 Å². The van der Waals surface area contributed by atoms with Gasteiger partial charge in [0.2, 0.25) is 0 Å². The number of aryl methyl sites for hydroxylation is 1. The van der Waals surface area contributed by atoms with Crippen LogP contribution in [0.1, 0.15) is 11.6 Å². The van der Waals surface area contributed by atoms with Crippen LogP contribution in [0.5, 0.6) is 0 Å². The number of benzene rings is 1. The van der Waals surface area contributed by atoms with Crippen molar-refractivity contribution in [2.45, 2.75) is 13.5 Å². The number of anilines is 1. The van der Waals surface area contributed by atoms with Crippen LogP contribution < -0.4 is 5.32 Å². The third kappa shape index (κ3) is 2.63. The van der Waals surface area contributed by atoms with Crippen molar-refractivity contribution in [1.29, 1.82) is 0 Å². The second-order valence-electron chi connectivity index (χ2n) is 3.70. The van der Waals surface area contributed by atoms with Gasteiger partial charge in [0.1, 0.15) is 11.6 Å². The highest BCUT2D eigenvalue weighted by Gasteiger charge is 2.05. The van der Waals surface area contributed by atoms with Gasteiger partial charge >= 0.3 is 0 Å². The quantitative estimate of drug-likeness (QED) is 0.947. The van der Waals surface area contributed by atoms with Gasteiger partial charge in [0.05, 0.1) is 11.0 Å². The second kappa shape index (κ2) is 4.83. The van der Waals surface area contributed by atoms with Crippen molar-refractivity contribution < 1.29 is 4.39 Å². The van der Waals surface area contributed by atoms with E-state index in [4.69, 9.17) is 0 Å². The molecule has 0 bridgehead atoms. The van der Waals surface area contributed by atoms with Gasteiger partial charge in [0, 0.05) is 12.7 Å². The fraction of sp³-hybridized carbons (Fsp3) is 0.273. The monoisotopic (exact) mass is 298 g/mol. The van der Waals surface area contributed by atoms with Crippen LogP contribution in [0.25, 0.3) is 0 Å². The van der Waals surface area contributed by atoms with Gasteiger partial charge < -0.3 is 9.88 Å². The van der Waals surface area contributed by atoms with E-state index >= 15 is 0 Å². The zero-order chi connectivity index (χ0) is 12.4. The topological polar surface area (TPSA) is 42.7 Å². The van der Waals surface area contributed by atoms with Crippen LogP contribution in [0.4, 0.5) is 10.1 Å². The van der Waals surface area contributed by atoms with Gasteiger partial charge in [-0.05, 0) is 41.1 Å². The Hall–Kier alpha value is -1.43. The van der Waals surface area contributed by atoms with Gasteiger partial charge in [0.15, 0.2) is 5.82 Å². The summed E-state index contributed by atoms with van der Waals surface area (Å²) in [5, 5.41) is 11.2. The molecule has 2 aromatic rings. The number of aromatic nitrogens is 3. The van der Waals surface area contributed by atoms with Gasteiger partial charge in [-0.25, -0.2) is 4.39 Å². The van der Waals surface area contributed by atoms with Crippen LogP contribution >= 0.6 is 15.9 Å². The van der Waals surface area contributed by atoms with E-state index in [1.54, 1.807) is 12.1 Å². The highest BCUT2D eigenvalue weighted by Crippen LogP contribution is 2.20. The van der Waals surface area contributed by atoms with Crippen molar-refractivity contribution in [2.75, 3.05) is 5.32 Å². The first-order valence-electron chi connectivity index (χ1n) is 5.11. The maximum Gasteiger partial charge on any atom is 0.152 e. The largest absolute Gasteiger partial charge is 0.378 e. The number of rotatable bonds is 3. The zero-order valence-corrected chi connectivity index (χ0v) is 11.1. The molecule has 0 aliphatic heterocycles. The first-order chi connectivity index (χ1) is 8.08. The van der Waals surface area contributed by atoms with Gasteiger partial charge in [-0.2, -0.15) is 0 Å². The van der Waals surface area contributed by atoms with Crippen molar-refractivity contribution in [1.82, 2.24) is 14.8 Å². The lowest BCUT2D eigenvalue weighted by molar-refractivity contribution is 0.621. The van der Waals surface area contributed by atoms with Crippen LogP contribution in [0.15, 0.2) is 22.7 Å². The SMILES string of the molecule is Cc1nnc(CNc2ccc(F)c(Br)c2)n1C. The molecule has 0 saturated heterocycles. The molecule has 0 aliphatic carbocycles. The van der Waals surface area contributed by atoms with Crippen LogP contribution in [0, 0.1) is 12.7 Å². The van der Waals surface area contributed by atoms with Gasteiger partial charge in [-0.3, -0.25) is 0 Å². The van der Waals surface area contributed by atoms with E-state index in [1.165, 1.54) is 6.07 Å². The molecule has 1 N–H and O–H groups in total. The summed E-state index contributed by atoms with van der Waals surface area (Å²) in [6.07, 6.45) is 0. The summed E-state index contributed by atoms with van der Waals surface area (Å²) >= 11 is 3.14. The van der Waals surface area contributed by atoms with E-state index in [0.29, 0.717) is 11.0 Å². The molecule has 0 radical (unpaired) electrons. The Labute approximate surface area is 107 Å². The second-order valence-corrected chi connectivity index (χ2v) is 4.56. The molecule has 0 spiro atoms. The maximum absolute atomic E-state index is 13.0. The summed E-state index contributed by atoms with van der Waals surface area (Å²) in [5.41, 5.74) is 0.832. The van der Waals surface area contributed by atoms with Gasteiger partial charge in [0.25, 0.3) is 0 Å². The predicted molar refractivity (Wildman–Crippen MR) is 67.2 cm³/mol. The minimum Gasteiger partial charge on any atom is -0.378 e. The lowest BCUT2D eigenvalue weighted by atomic mass is 10.3. The van der Waals surface area contributed by atoms with Crippen molar-refractivity contribution in [2.24, 2.45) is 7.05 Å². The van der Waals surface area contributed by atoms with E-state index in [9.17, 15) is 4.39 Å². The van der Waals surface area contributed by atoms with E-state index in [1.807, 2.05) is 18.5 Å². The molecule has 1 heterocycles. The number of hydrogen-bond acceptors (Lipinski definition) is 3. The summed E-state index contributed by atoms with van der Waals surface area (Å²) in [6, 6.07) is 4.79. The summed E-state index contributed by atoms with van der Waals surface area (Å²) in [5.74, 6) is 1.43. The first-order valence-corrected chi connectivity index (χ1v) is 5.91. The Bertz CT molecular complexity index is 538. The molecule has 90 valence electrons. The van der Waals surface area contributed by atoms with Crippen molar-refractivity contribution in [3.63, 3.8) is 0 Å². The summed E-state index contributed by atoms with van der Waals surface area (Å²) in [7, 11) is 1.91. The molecule has 0 unspecified atom stereocenters. The first kappa shape index (κ1) is 12.0. The Morgan fingerprint density at radius 1 is 1.41 bits per heavy atom. The maximum atomic E-state index is 13.0. The molecule has 6 heteroatoms. The standard InChI is InChI=1S/C11H12BrFN4/c1-7-15-16-11(17(7)2)6-14-8-3-4-10(13)9(12)5-8/h3-5,14H,6H2,1-2H3. The number of nitrogens with one attached hydrogen (secondary N) is 1. The highest BCUT2D eigenvalue weighted by atomic mass is 79.9. The highest BCUT2D eigenvalue weighted by molar-refractivity contribution is 9.10. The molecule has 1 aromatic heterocycles. The minimum absolute atomic E-state index is 0.273. The molecule has 1 aromatic carbocycles.